The molecule has 0 aromatic heterocycles. The molecule has 0 bridgehead atoms. The van der Waals surface area contributed by atoms with Gasteiger partial charge in [-0.3, -0.25) is 0 Å². The smallest absolute Gasteiger partial charge is 0.00684 e. The summed E-state index contributed by atoms with van der Waals surface area (Å²) in [5, 5.41) is 2.88. The van der Waals surface area contributed by atoms with Crippen molar-refractivity contribution in [1.82, 2.24) is 0 Å². The fourth-order valence-corrected chi connectivity index (χ4v) is 3.44. The second-order valence-electron chi connectivity index (χ2n) is 5.51. The maximum Gasteiger partial charge on any atom is 0.00684 e. The van der Waals surface area contributed by atoms with Crippen molar-refractivity contribution in [3.8, 4) is 0 Å². The standard InChI is InChI=1S/C18H16/c1-11-3-5-13-8-10-16-12(2)4-6-14-7-9-15(11)17(13)18(14)16/h3-5,7-10,14H,6H2,1-2H3. The highest BCUT2D eigenvalue weighted by molar-refractivity contribution is 6.00. The molecule has 0 fully saturated rings. The molecule has 88 valence electrons. The van der Waals surface area contributed by atoms with E-state index in [9.17, 15) is 0 Å². The van der Waals surface area contributed by atoms with Crippen LogP contribution in [-0.4, -0.2) is 0 Å². The molecular formula is C18H16. The minimum Gasteiger partial charge on any atom is -0.0801 e. The maximum atomic E-state index is 2.39. The Bertz CT molecular complexity index is 729. The number of allylic oxidation sites excluding steroid dienone is 3. The Hall–Kier alpha value is -1.82. The third kappa shape index (κ3) is 1.16. The van der Waals surface area contributed by atoms with Crippen molar-refractivity contribution in [2.24, 2.45) is 0 Å². The highest BCUT2D eigenvalue weighted by Gasteiger charge is 2.24. The molecule has 0 aliphatic heterocycles. The molecule has 2 aromatic carbocycles. The Morgan fingerprint density at radius 1 is 1.06 bits per heavy atom. The van der Waals surface area contributed by atoms with Crippen LogP contribution in [0.25, 0.3) is 22.4 Å². The van der Waals surface area contributed by atoms with E-state index >= 15 is 0 Å². The van der Waals surface area contributed by atoms with Gasteiger partial charge in [0, 0.05) is 5.92 Å². The fraction of sp³-hybridized carbons (Fsp3) is 0.222. The average Bonchev–Trinajstić information content (AvgIpc) is 2.40. The summed E-state index contributed by atoms with van der Waals surface area (Å²) in [6.45, 7) is 4.45. The van der Waals surface area contributed by atoms with Crippen LogP contribution in [0.3, 0.4) is 0 Å². The van der Waals surface area contributed by atoms with Crippen molar-refractivity contribution >= 4 is 22.4 Å². The van der Waals surface area contributed by atoms with Gasteiger partial charge in [-0.1, -0.05) is 42.5 Å². The minimum atomic E-state index is 0.585. The summed E-state index contributed by atoms with van der Waals surface area (Å²) in [5.74, 6) is 0.585. The molecule has 2 aliphatic rings. The van der Waals surface area contributed by atoms with Crippen molar-refractivity contribution in [3.63, 3.8) is 0 Å². The first-order valence-electron chi connectivity index (χ1n) is 6.67. The number of hydrogen-bond donors (Lipinski definition) is 0. The largest absolute Gasteiger partial charge is 0.0801 e. The lowest BCUT2D eigenvalue weighted by Gasteiger charge is -2.28. The molecule has 0 spiro atoms. The van der Waals surface area contributed by atoms with E-state index < -0.39 is 0 Å². The first kappa shape index (κ1) is 10.1. The fourth-order valence-electron chi connectivity index (χ4n) is 3.44. The van der Waals surface area contributed by atoms with Crippen LogP contribution < -0.4 is 0 Å². The van der Waals surface area contributed by atoms with Crippen LogP contribution in [0.1, 0.15) is 41.5 Å². The zero-order valence-electron chi connectivity index (χ0n) is 10.8. The molecule has 1 unspecified atom stereocenters. The van der Waals surface area contributed by atoms with E-state index in [1.807, 2.05) is 0 Å². The van der Waals surface area contributed by atoms with Crippen LogP contribution in [0.2, 0.25) is 0 Å². The van der Waals surface area contributed by atoms with Crippen LogP contribution in [0.15, 0.2) is 36.4 Å². The third-order valence-electron chi connectivity index (χ3n) is 4.45. The zero-order chi connectivity index (χ0) is 12.3. The molecule has 2 aliphatic carbocycles. The second-order valence-corrected chi connectivity index (χ2v) is 5.51. The van der Waals surface area contributed by atoms with Crippen molar-refractivity contribution < 1.29 is 0 Å². The summed E-state index contributed by atoms with van der Waals surface area (Å²) in [7, 11) is 0. The Labute approximate surface area is 108 Å². The van der Waals surface area contributed by atoms with E-state index in [0.29, 0.717) is 5.92 Å². The third-order valence-corrected chi connectivity index (χ3v) is 4.45. The van der Waals surface area contributed by atoms with E-state index in [-0.39, 0.29) is 0 Å². The molecule has 1 atom stereocenters. The van der Waals surface area contributed by atoms with Crippen LogP contribution in [-0.2, 0) is 0 Å². The molecule has 18 heavy (non-hydrogen) atoms. The maximum absolute atomic E-state index is 2.39. The van der Waals surface area contributed by atoms with Crippen LogP contribution in [0.4, 0.5) is 0 Å². The van der Waals surface area contributed by atoms with Gasteiger partial charge in [0.05, 0.1) is 0 Å². The van der Waals surface area contributed by atoms with Gasteiger partial charge in [-0.05, 0) is 58.9 Å². The molecule has 4 rings (SSSR count). The van der Waals surface area contributed by atoms with Gasteiger partial charge in [0.25, 0.3) is 0 Å². The molecular weight excluding hydrogens is 216 g/mol. The Kier molecular flexibility index (Phi) is 1.89. The summed E-state index contributed by atoms with van der Waals surface area (Å²) in [6, 6.07) is 9.07. The molecule has 0 saturated heterocycles. The number of aryl methyl sites for hydroxylation is 1. The molecule has 0 saturated carbocycles. The lowest BCUT2D eigenvalue weighted by Crippen LogP contribution is -2.08. The number of benzene rings is 2. The Morgan fingerprint density at radius 2 is 1.89 bits per heavy atom. The molecule has 0 radical (unpaired) electrons. The number of hydrogen-bond acceptors (Lipinski definition) is 0. The van der Waals surface area contributed by atoms with E-state index in [4.69, 9.17) is 0 Å². The molecule has 0 N–H and O–H groups in total. The topological polar surface area (TPSA) is 0 Å². The Balaban J connectivity index is 2.24. The summed E-state index contributed by atoms with van der Waals surface area (Å²) in [4.78, 5) is 0. The van der Waals surface area contributed by atoms with Gasteiger partial charge in [-0.2, -0.15) is 0 Å². The van der Waals surface area contributed by atoms with E-state index in [2.05, 4.69) is 56.3 Å². The average molecular weight is 232 g/mol. The van der Waals surface area contributed by atoms with Crippen LogP contribution in [0.5, 0.6) is 0 Å². The van der Waals surface area contributed by atoms with Crippen molar-refractivity contribution in [3.05, 3.63) is 58.7 Å². The minimum absolute atomic E-state index is 0.585. The van der Waals surface area contributed by atoms with Gasteiger partial charge < -0.3 is 0 Å². The highest BCUT2D eigenvalue weighted by atomic mass is 14.3. The zero-order valence-corrected chi connectivity index (χ0v) is 10.8. The predicted molar refractivity (Wildman–Crippen MR) is 78.7 cm³/mol. The van der Waals surface area contributed by atoms with Crippen LogP contribution >= 0.6 is 0 Å². The monoisotopic (exact) mass is 232 g/mol. The van der Waals surface area contributed by atoms with Gasteiger partial charge >= 0.3 is 0 Å². The second kappa shape index (κ2) is 3.35. The van der Waals surface area contributed by atoms with Crippen molar-refractivity contribution in [1.29, 1.82) is 0 Å². The SMILES string of the molecule is CC1=CCC2C=Cc3c(C)ccc4ccc1c2c34. The molecule has 0 heteroatoms. The predicted octanol–water partition coefficient (Wildman–Crippen LogP) is 5.07. The van der Waals surface area contributed by atoms with Gasteiger partial charge in [-0.15, -0.1) is 0 Å². The van der Waals surface area contributed by atoms with Gasteiger partial charge in [-0.25, -0.2) is 0 Å². The molecule has 0 nitrogen and oxygen atoms in total. The van der Waals surface area contributed by atoms with Gasteiger partial charge in [0.2, 0.25) is 0 Å². The summed E-state index contributed by atoms with van der Waals surface area (Å²) in [5.41, 5.74) is 7.27. The summed E-state index contributed by atoms with van der Waals surface area (Å²) >= 11 is 0. The van der Waals surface area contributed by atoms with E-state index in [1.165, 1.54) is 33.0 Å². The summed E-state index contributed by atoms with van der Waals surface area (Å²) < 4.78 is 0. The van der Waals surface area contributed by atoms with Crippen LogP contribution in [0, 0.1) is 6.92 Å². The first-order valence-corrected chi connectivity index (χ1v) is 6.67. The molecule has 2 aromatic rings. The van der Waals surface area contributed by atoms with E-state index in [1.54, 1.807) is 5.56 Å². The van der Waals surface area contributed by atoms with Gasteiger partial charge in [0.1, 0.15) is 0 Å². The molecule has 0 heterocycles. The highest BCUT2D eigenvalue weighted by Crippen LogP contribution is 2.44. The summed E-state index contributed by atoms with van der Waals surface area (Å²) in [6.07, 6.45) is 8.25. The quantitative estimate of drug-likeness (QED) is 0.595. The van der Waals surface area contributed by atoms with Crippen molar-refractivity contribution in [2.75, 3.05) is 0 Å². The lowest BCUT2D eigenvalue weighted by molar-refractivity contribution is 0.854. The van der Waals surface area contributed by atoms with E-state index in [0.717, 1.165) is 6.42 Å². The normalized spacial score (nSPS) is 20.1. The van der Waals surface area contributed by atoms with Gasteiger partial charge in [0.15, 0.2) is 0 Å². The number of rotatable bonds is 0. The Morgan fingerprint density at radius 3 is 2.78 bits per heavy atom. The lowest BCUT2D eigenvalue weighted by atomic mass is 9.76. The first-order chi connectivity index (χ1) is 8.75. The molecule has 0 amide bonds. The van der Waals surface area contributed by atoms with Crippen molar-refractivity contribution in [2.45, 2.75) is 26.2 Å².